The standard InChI is InChI=1S/C16H24N2O5S2/c1-4-18(14-9-10-24(20,21)11-14)25(22,23)15-7-5-13(6-8-15)16(19)17-12(2)3/h5-8,12,14H,4,9-11H2,1-3H3,(H,17,19). The van der Waals surface area contributed by atoms with E-state index in [4.69, 9.17) is 0 Å². The Balaban J connectivity index is 2.25. The molecule has 1 atom stereocenters. The molecule has 0 aromatic heterocycles. The number of sulfonamides is 1. The molecule has 1 fully saturated rings. The lowest BCUT2D eigenvalue weighted by Gasteiger charge is -2.26. The van der Waals surface area contributed by atoms with E-state index in [0.29, 0.717) is 12.0 Å². The Morgan fingerprint density at radius 2 is 1.88 bits per heavy atom. The number of carbonyl (C=O) groups is 1. The number of hydrogen-bond acceptors (Lipinski definition) is 5. The van der Waals surface area contributed by atoms with Crippen LogP contribution in [-0.2, 0) is 19.9 Å². The molecule has 7 nitrogen and oxygen atoms in total. The average Bonchev–Trinajstić information content (AvgIpc) is 2.87. The van der Waals surface area contributed by atoms with E-state index >= 15 is 0 Å². The van der Waals surface area contributed by atoms with E-state index in [1.807, 2.05) is 13.8 Å². The first-order valence-corrected chi connectivity index (χ1v) is 11.5. The summed E-state index contributed by atoms with van der Waals surface area (Å²) in [5.74, 6) is -0.402. The number of nitrogens with zero attached hydrogens (tertiary/aromatic N) is 1. The molecule has 1 amide bonds. The highest BCUT2D eigenvalue weighted by Gasteiger charge is 2.37. The lowest BCUT2D eigenvalue weighted by Crippen LogP contribution is -2.40. The average molecular weight is 389 g/mol. The van der Waals surface area contributed by atoms with Crippen molar-refractivity contribution in [1.82, 2.24) is 9.62 Å². The minimum Gasteiger partial charge on any atom is -0.350 e. The van der Waals surface area contributed by atoms with Crippen LogP contribution in [0.4, 0.5) is 0 Å². The van der Waals surface area contributed by atoms with Gasteiger partial charge < -0.3 is 5.32 Å². The molecule has 1 aliphatic heterocycles. The Morgan fingerprint density at radius 3 is 2.32 bits per heavy atom. The SMILES string of the molecule is CCN(C1CCS(=O)(=O)C1)S(=O)(=O)c1ccc(C(=O)NC(C)C)cc1. The van der Waals surface area contributed by atoms with Gasteiger partial charge in [-0.05, 0) is 44.5 Å². The molecule has 1 N–H and O–H groups in total. The van der Waals surface area contributed by atoms with Crippen LogP contribution in [0.2, 0.25) is 0 Å². The van der Waals surface area contributed by atoms with Crippen molar-refractivity contribution in [1.29, 1.82) is 0 Å². The fraction of sp³-hybridized carbons (Fsp3) is 0.562. The van der Waals surface area contributed by atoms with Gasteiger partial charge in [0.05, 0.1) is 16.4 Å². The van der Waals surface area contributed by atoms with Gasteiger partial charge in [0.15, 0.2) is 9.84 Å². The molecular formula is C16H24N2O5S2. The second-order valence-corrected chi connectivity index (χ2v) is 10.5. The molecule has 0 spiro atoms. The summed E-state index contributed by atoms with van der Waals surface area (Å²) in [6, 6.07) is 5.14. The van der Waals surface area contributed by atoms with Gasteiger partial charge in [-0.15, -0.1) is 0 Å². The third kappa shape index (κ3) is 4.59. The predicted octanol–water partition coefficient (Wildman–Crippen LogP) is 1.02. The summed E-state index contributed by atoms with van der Waals surface area (Å²) in [6.07, 6.45) is 0.310. The minimum absolute atomic E-state index is 0.0119. The maximum Gasteiger partial charge on any atom is 0.251 e. The van der Waals surface area contributed by atoms with Gasteiger partial charge in [-0.3, -0.25) is 4.79 Å². The maximum atomic E-state index is 12.9. The third-order valence-corrected chi connectivity index (χ3v) is 7.86. The fourth-order valence-corrected chi connectivity index (χ4v) is 6.37. The Labute approximate surface area is 149 Å². The summed E-state index contributed by atoms with van der Waals surface area (Å²) in [4.78, 5) is 12.0. The number of sulfone groups is 1. The van der Waals surface area contributed by atoms with Gasteiger partial charge in [0.25, 0.3) is 5.91 Å². The van der Waals surface area contributed by atoms with Crippen molar-refractivity contribution in [3.05, 3.63) is 29.8 Å². The number of rotatable bonds is 6. The van der Waals surface area contributed by atoms with Crippen molar-refractivity contribution in [2.24, 2.45) is 0 Å². The quantitative estimate of drug-likeness (QED) is 0.784. The van der Waals surface area contributed by atoms with Crippen molar-refractivity contribution in [3.63, 3.8) is 0 Å². The van der Waals surface area contributed by atoms with Crippen LogP contribution in [0.1, 0.15) is 37.6 Å². The van der Waals surface area contributed by atoms with E-state index in [1.165, 1.54) is 28.6 Å². The summed E-state index contributed by atoms with van der Waals surface area (Å²) in [7, 11) is -6.99. The van der Waals surface area contributed by atoms with E-state index < -0.39 is 25.9 Å². The fourth-order valence-electron chi connectivity index (χ4n) is 2.89. The van der Waals surface area contributed by atoms with E-state index in [1.54, 1.807) is 6.92 Å². The van der Waals surface area contributed by atoms with Crippen molar-refractivity contribution >= 4 is 25.8 Å². The highest BCUT2D eigenvalue weighted by atomic mass is 32.2. The number of amides is 1. The number of benzene rings is 1. The van der Waals surface area contributed by atoms with Crippen molar-refractivity contribution in [2.45, 2.75) is 44.2 Å². The molecular weight excluding hydrogens is 364 g/mol. The van der Waals surface area contributed by atoms with Gasteiger partial charge in [0, 0.05) is 24.2 Å². The molecule has 0 aliphatic carbocycles. The maximum absolute atomic E-state index is 12.9. The first-order valence-electron chi connectivity index (χ1n) is 8.20. The highest BCUT2D eigenvalue weighted by molar-refractivity contribution is 7.92. The number of hydrogen-bond donors (Lipinski definition) is 1. The lowest BCUT2D eigenvalue weighted by molar-refractivity contribution is 0.0943. The first-order chi connectivity index (χ1) is 11.6. The van der Waals surface area contributed by atoms with Crippen molar-refractivity contribution in [2.75, 3.05) is 18.1 Å². The van der Waals surface area contributed by atoms with E-state index in [-0.39, 0.29) is 34.9 Å². The summed E-state index contributed by atoms with van der Waals surface area (Å²) >= 11 is 0. The Morgan fingerprint density at radius 1 is 1.28 bits per heavy atom. The monoisotopic (exact) mass is 388 g/mol. The summed E-state index contributed by atoms with van der Waals surface area (Å²) < 4.78 is 50.3. The molecule has 2 rings (SSSR count). The van der Waals surface area contributed by atoms with Crippen LogP contribution in [0.15, 0.2) is 29.2 Å². The van der Waals surface area contributed by atoms with Crippen LogP contribution in [0, 0.1) is 0 Å². The molecule has 0 saturated carbocycles. The van der Waals surface area contributed by atoms with Crippen LogP contribution in [0.5, 0.6) is 0 Å². The molecule has 1 saturated heterocycles. The van der Waals surface area contributed by atoms with Gasteiger partial charge in [-0.25, -0.2) is 16.8 Å². The molecule has 140 valence electrons. The van der Waals surface area contributed by atoms with Crippen LogP contribution in [-0.4, -0.2) is 57.2 Å². The van der Waals surface area contributed by atoms with Crippen LogP contribution < -0.4 is 5.32 Å². The predicted molar refractivity (Wildman–Crippen MR) is 95.7 cm³/mol. The largest absolute Gasteiger partial charge is 0.350 e. The van der Waals surface area contributed by atoms with E-state index in [0.717, 1.165) is 0 Å². The van der Waals surface area contributed by atoms with Crippen molar-refractivity contribution < 1.29 is 21.6 Å². The normalized spacial score (nSPS) is 20.1. The second-order valence-electron chi connectivity index (χ2n) is 6.42. The summed E-state index contributed by atoms with van der Waals surface area (Å²) in [5.41, 5.74) is 0.374. The Kier molecular flexibility index (Phi) is 5.90. The van der Waals surface area contributed by atoms with E-state index in [9.17, 15) is 21.6 Å². The van der Waals surface area contributed by atoms with Crippen LogP contribution in [0.25, 0.3) is 0 Å². The number of carbonyl (C=O) groups excluding carboxylic acids is 1. The first kappa shape index (κ1) is 19.9. The molecule has 1 unspecified atom stereocenters. The zero-order chi connectivity index (χ0) is 18.8. The Bertz CT molecular complexity index is 830. The van der Waals surface area contributed by atoms with Gasteiger partial charge in [-0.1, -0.05) is 6.92 Å². The molecule has 1 heterocycles. The van der Waals surface area contributed by atoms with Gasteiger partial charge in [0.2, 0.25) is 10.0 Å². The van der Waals surface area contributed by atoms with Gasteiger partial charge in [-0.2, -0.15) is 4.31 Å². The third-order valence-electron chi connectivity index (χ3n) is 4.07. The van der Waals surface area contributed by atoms with E-state index in [2.05, 4.69) is 5.32 Å². The number of nitrogens with one attached hydrogen (secondary N) is 1. The smallest absolute Gasteiger partial charge is 0.251 e. The molecule has 9 heteroatoms. The molecule has 25 heavy (non-hydrogen) atoms. The lowest BCUT2D eigenvalue weighted by atomic mass is 10.2. The summed E-state index contributed by atoms with van der Waals surface area (Å²) in [5, 5.41) is 2.74. The summed E-state index contributed by atoms with van der Waals surface area (Å²) in [6.45, 7) is 5.56. The Hall–Kier alpha value is -1.45. The molecule has 0 bridgehead atoms. The highest BCUT2D eigenvalue weighted by Crippen LogP contribution is 2.25. The zero-order valence-corrected chi connectivity index (χ0v) is 16.2. The van der Waals surface area contributed by atoms with Gasteiger partial charge >= 0.3 is 0 Å². The van der Waals surface area contributed by atoms with Gasteiger partial charge in [0.1, 0.15) is 0 Å². The van der Waals surface area contributed by atoms with Crippen LogP contribution >= 0.6 is 0 Å². The minimum atomic E-state index is -3.81. The zero-order valence-electron chi connectivity index (χ0n) is 14.6. The van der Waals surface area contributed by atoms with Crippen molar-refractivity contribution in [3.8, 4) is 0 Å². The van der Waals surface area contributed by atoms with Crippen LogP contribution in [0.3, 0.4) is 0 Å². The topological polar surface area (TPSA) is 101 Å². The molecule has 1 aromatic rings. The molecule has 0 radical (unpaired) electrons. The second kappa shape index (κ2) is 7.43. The molecule has 1 aromatic carbocycles. The molecule has 1 aliphatic rings.